The first-order valence-electron chi connectivity index (χ1n) is 9.62. The molecular weight excluding hydrogens is 314 g/mol. The first-order valence-corrected chi connectivity index (χ1v) is 9.62. The van der Waals surface area contributed by atoms with Crippen LogP contribution in [0.15, 0.2) is 24.5 Å². The van der Waals surface area contributed by atoms with Crippen LogP contribution >= 0.6 is 0 Å². The van der Waals surface area contributed by atoms with Gasteiger partial charge in [0.05, 0.1) is 0 Å². The van der Waals surface area contributed by atoms with Crippen molar-refractivity contribution in [1.82, 2.24) is 20.1 Å². The second kappa shape index (κ2) is 9.04. The molecule has 0 bridgehead atoms. The normalized spacial score (nSPS) is 19.9. The third-order valence-electron chi connectivity index (χ3n) is 5.40. The van der Waals surface area contributed by atoms with Gasteiger partial charge in [-0.2, -0.15) is 0 Å². The van der Waals surface area contributed by atoms with Gasteiger partial charge in [-0.05, 0) is 56.9 Å². The molecule has 1 aromatic heterocycles. The Morgan fingerprint density at radius 3 is 2.48 bits per heavy atom. The summed E-state index contributed by atoms with van der Waals surface area (Å²) in [5.41, 5.74) is 1.19. The van der Waals surface area contributed by atoms with E-state index < -0.39 is 0 Å². The second-order valence-electron chi connectivity index (χ2n) is 7.29. The van der Waals surface area contributed by atoms with E-state index in [2.05, 4.69) is 27.0 Å². The molecule has 138 valence electrons. The number of carbonyl (C=O) groups is 1. The van der Waals surface area contributed by atoms with Gasteiger partial charge in [0.25, 0.3) is 0 Å². The highest BCUT2D eigenvalue weighted by molar-refractivity contribution is 5.74. The molecule has 2 saturated heterocycles. The standard InChI is InChI=1S/C19H31N5O/c1-17-5-11-22(12-6-17)10-2-7-21-19(25)24-15-13-23(14-16-24)18-3-8-20-9-4-18/h3-4,8-9,17H,2,5-7,10-16H2,1H3,(H,21,25). The maximum absolute atomic E-state index is 12.3. The van der Waals surface area contributed by atoms with Gasteiger partial charge in [-0.25, -0.2) is 4.79 Å². The van der Waals surface area contributed by atoms with Crippen molar-refractivity contribution in [2.24, 2.45) is 5.92 Å². The Labute approximate surface area is 151 Å². The van der Waals surface area contributed by atoms with Crippen molar-refractivity contribution in [1.29, 1.82) is 0 Å². The summed E-state index contributed by atoms with van der Waals surface area (Å²) in [6.45, 7) is 9.95. The fraction of sp³-hybridized carbons (Fsp3) is 0.684. The van der Waals surface area contributed by atoms with E-state index in [1.165, 1.54) is 31.6 Å². The maximum atomic E-state index is 12.3. The number of hydrogen-bond acceptors (Lipinski definition) is 4. The van der Waals surface area contributed by atoms with E-state index in [1.54, 1.807) is 0 Å². The molecule has 0 atom stereocenters. The van der Waals surface area contributed by atoms with Gasteiger partial charge in [0.15, 0.2) is 0 Å². The number of pyridine rings is 1. The van der Waals surface area contributed by atoms with Crippen LogP contribution in [0.1, 0.15) is 26.2 Å². The van der Waals surface area contributed by atoms with Crippen molar-refractivity contribution in [2.45, 2.75) is 26.2 Å². The molecule has 3 rings (SSSR count). The molecule has 0 spiro atoms. The lowest BCUT2D eigenvalue weighted by Crippen LogP contribution is -2.52. The van der Waals surface area contributed by atoms with Gasteiger partial charge in [-0.3, -0.25) is 4.98 Å². The predicted molar refractivity (Wildman–Crippen MR) is 101 cm³/mol. The van der Waals surface area contributed by atoms with Crippen LogP contribution in [0.2, 0.25) is 0 Å². The molecule has 0 saturated carbocycles. The third kappa shape index (κ3) is 5.33. The molecule has 0 radical (unpaired) electrons. The zero-order valence-electron chi connectivity index (χ0n) is 15.4. The Kier molecular flexibility index (Phi) is 6.50. The van der Waals surface area contributed by atoms with Crippen molar-refractivity contribution >= 4 is 11.7 Å². The average molecular weight is 345 g/mol. The number of rotatable bonds is 5. The number of urea groups is 1. The first kappa shape index (κ1) is 18.0. The van der Waals surface area contributed by atoms with Crippen molar-refractivity contribution in [3.05, 3.63) is 24.5 Å². The molecule has 6 heteroatoms. The van der Waals surface area contributed by atoms with Gasteiger partial charge in [0, 0.05) is 50.8 Å². The summed E-state index contributed by atoms with van der Waals surface area (Å²) in [5.74, 6) is 0.877. The molecule has 1 N–H and O–H groups in total. The number of amides is 2. The van der Waals surface area contributed by atoms with Crippen LogP contribution in [0.5, 0.6) is 0 Å². The fourth-order valence-electron chi connectivity index (χ4n) is 3.62. The fourth-order valence-corrected chi connectivity index (χ4v) is 3.62. The summed E-state index contributed by atoms with van der Waals surface area (Å²) in [6, 6.07) is 4.13. The van der Waals surface area contributed by atoms with Gasteiger partial charge >= 0.3 is 6.03 Å². The summed E-state index contributed by atoms with van der Waals surface area (Å²) in [5, 5.41) is 3.09. The molecule has 2 amide bonds. The van der Waals surface area contributed by atoms with E-state index in [0.29, 0.717) is 0 Å². The monoisotopic (exact) mass is 345 g/mol. The summed E-state index contributed by atoms with van der Waals surface area (Å²) >= 11 is 0. The summed E-state index contributed by atoms with van der Waals surface area (Å²) < 4.78 is 0. The second-order valence-corrected chi connectivity index (χ2v) is 7.29. The zero-order valence-corrected chi connectivity index (χ0v) is 15.4. The smallest absolute Gasteiger partial charge is 0.317 e. The molecule has 1 aromatic rings. The first-order chi connectivity index (χ1) is 12.2. The van der Waals surface area contributed by atoms with Gasteiger partial charge in [0.1, 0.15) is 0 Å². The van der Waals surface area contributed by atoms with E-state index in [4.69, 9.17) is 0 Å². The minimum atomic E-state index is 0.0849. The Morgan fingerprint density at radius 2 is 1.80 bits per heavy atom. The van der Waals surface area contributed by atoms with Crippen LogP contribution in [-0.4, -0.2) is 73.2 Å². The van der Waals surface area contributed by atoms with Crippen molar-refractivity contribution in [2.75, 3.05) is 57.3 Å². The average Bonchev–Trinajstić information content (AvgIpc) is 2.67. The zero-order chi connectivity index (χ0) is 17.5. The Bertz CT molecular complexity index is 522. The van der Waals surface area contributed by atoms with Crippen molar-refractivity contribution < 1.29 is 4.79 Å². The van der Waals surface area contributed by atoms with Crippen LogP contribution in [0.4, 0.5) is 10.5 Å². The molecule has 0 aromatic carbocycles. The van der Waals surface area contributed by atoms with E-state index >= 15 is 0 Å². The molecular formula is C19H31N5O. The highest BCUT2D eigenvalue weighted by Crippen LogP contribution is 2.16. The number of aromatic nitrogens is 1. The summed E-state index contributed by atoms with van der Waals surface area (Å²) in [4.78, 5) is 23.1. The Balaban J connectivity index is 1.30. The van der Waals surface area contributed by atoms with Crippen molar-refractivity contribution in [3.8, 4) is 0 Å². The molecule has 6 nitrogen and oxygen atoms in total. The number of nitrogens with zero attached hydrogens (tertiary/aromatic N) is 4. The maximum Gasteiger partial charge on any atom is 0.317 e. The lowest BCUT2D eigenvalue weighted by molar-refractivity contribution is 0.184. The van der Waals surface area contributed by atoms with Gasteiger partial charge in [-0.1, -0.05) is 6.92 Å². The topological polar surface area (TPSA) is 51.7 Å². The Morgan fingerprint density at radius 1 is 1.12 bits per heavy atom. The highest BCUT2D eigenvalue weighted by Gasteiger charge is 2.21. The van der Waals surface area contributed by atoms with Gasteiger partial charge < -0.3 is 20.0 Å². The van der Waals surface area contributed by atoms with Crippen LogP contribution in [0, 0.1) is 5.92 Å². The quantitative estimate of drug-likeness (QED) is 0.830. The lowest BCUT2D eigenvalue weighted by Gasteiger charge is -2.36. The lowest BCUT2D eigenvalue weighted by atomic mass is 9.99. The van der Waals surface area contributed by atoms with E-state index in [1.807, 2.05) is 29.4 Å². The highest BCUT2D eigenvalue weighted by atomic mass is 16.2. The molecule has 0 aliphatic carbocycles. The van der Waals surface area contributed by atoms with Crippen LogP contribution in [0.3, 0.4) is 0 Å². The van der Waals surface area contributed by atoms with Gasteiger partial charge in [-0.15, -0.1) is 0 Å². The van der Waals surface area contributed by atoms with Crippen LogP contribution in [-0.2, 0) is 0 Å². The number of nitrogens with one attached hydrogen (secondary N) is 1. The largest absolute Gasteiger partial charge is 0.368 e. The minimum absolute atomic E-state index is 0.0849. The van der Waals surface area contributed by atoms with E-state index in [-0.39, 0.29) is 6.03 Å². The van der Waals surface area contributed by atoms with E-state index in [0.717, 1.165) is 51.6 Å². The number of likely N-dealkylation sites (tertiary alicyclic amines) is 1. The summed E-state index contributed by atoms with van der Waals surface area (Å²) in [7, 11) is 0. The van der Waals surface area contributed by atoms with Crippen LogP contribution < -0.4 is 10.2 Å². The predicted octanol–water partition coefficient (Wildman–Crippen LogP) is 2.04. The molecule has 2 fully saturated rings. The molecule has 3 heterocycles. The van der Waals surface area contributed by atoms with Gasteiger partial charge in [0.2, 0.25) is 0 Å². The number of hydrogen-bond donors (Lipinski definition) is 1. The summed E-state index contributed by atoms with van der Waals surface area (Å²) in [6.07, 6.45) is 7.30. The van der Waals surface area contributed by atoms with Crippen molar-refractivity contribution in [3.63, 3.8) is 0 Å². The molecule has 25 heavy (non-hydrogen) atoms. The molecule has 2 aliphatic rings. The molecule has 0 unspecified atom stereocenters. The Hall–Kier alpha value is -1.82. The number of piperidine rings is 1. The number of anilines is 1. The third-order valence-corrected chi connectivity index (χ3v) is 5.40. The minimum Gasteiger partial charge on any atom is -0.368 e. The van der Waals surface area contributed by atoms with Crippen LogP contribution in [0.25, 0.3) is 0 Å². The number of piperazine rings is 1. The van der Waals surface area contributed by atoms with E-state index in [9.17, 15) is 4.79 Å². The molecule has 2 aliphatic heterocycles. The SMILES string of the molecule is CC1CCN(CCCNC(=O)N2CCN(c3ccncc3)CC2)CC1. The number of carbonyl (C=O) groups excluding carboxylic acids is 1.